The van der Waals surface area contributed by atoms with Crippen molar-refractivity contribution in [1.82, 2.24) is 0 Å². The Morgan fingerprint density at radius 3 is 1.17 bits per heavy atom. The van der Waals surface area contributed by atoms with E-state index in [2.05, 4.69) is 46.0 Å². The Morgan fingerprint density at radius 1 is 0.524 bits per heavy atom. The summed E-state index contributed by atoms with van der Waals surface area (Å²) in [5, 5.41) is 17.0. The summed E-state index contributed by atoms with van der Waals surface area (Å²) in [7, 11) is 0.430. The quantitative estimate of drug-likeness (QED) is 0.152. The van der Waals surface area contributed by atoms with Crippen LogP contribution in [0.2, 0.25) is 0 Å². The fourth-order valence-corrected chi connectivity index (χ4v) is 3.10. The third-order valence-electron chi connectivity index (χ3n) is 4.18. The Bertz CT molecular complexity index is 1290. The van der Waals surface area contributed by atoms with Gasteiger partial charge >= 0.3 is 20.4 Å². The van der Waals surface area contributed by atoms with Gasteiger partial charge in [-0.1, -0.05) is 39.3 Å². The van der Waals surface area contributed by atoms with Crippen LogP contribution in [0.25, 0.3) is 0 Å². The van der Waals surface area contributed by atoms with Gasteiger partial charge < -0.3 is 29.0 Å². The number of rotatable bonds is 6. The minimum Gasteiger partial charge on any atom is -0.537 e. The van der Waals surface area contributed by atoms with Gasteiger partial charge in [0.1, 0.15) is 34.5 Å². The molecule has 42 heavy (non-hydrogen) atoms. The molecule has 0 spiro atoms. The smallest absolute Gasteiger partial charge is 0.537 e. The van der Waals surface area contributed by atoms with Crippen LogP contribution < -0.4 is 18.9 Å². The number of ether oxygens (including phenoxy) is 3. The van der Waals surface area contributed by atoms with Crippen molar-refractivity contribution in [2.75, 3.05) is 0 Å². The number of halogens is 8. The van der Waals surface area contributed by atoms with Crippen molar-refractivity contribution in [3.05, 3.63) is 106 Å². The molecule has 0 heterocycles. The van der Waals surface area contributed by atoms with Crippen LogP contribution in [0.5, 0.6) is 34.5 Å². The summed E-state index contributed by atoms with van der Waals surface area (Å²) in [5.74, 6) is 0.901. The lowest BCUT2D eigenvalue weighted by Gasteiger charge is -2.10. The largest absolute Gasteiger partial charge is 0.573 e. The maximum absolute atomic E-state index is 12.0. The van der Waals surface area contributed by atoms with Crippen LogP contribution >= 0.6 is 31.9 Å². The van der Waals surface area contributed by atoms with Gasteiger partial charge in [-0.25, -0.2) is 0 Å². The average molecular weight is 727 g/mol. The van der Waals surface area contributed by atoms with E-state index in [1.807, 2.05) is 0 Å². The van der Waals surface area contributed by atoms with E-state index in [1.165, 1.54) is 36.4 Å². The molecule has 0 amide bonds. The second kappa shape index (κ2) is 17.4. The third-order valence-corrected chi connectivity index (χ3v) is 5.24. The van der Waals surface area contributed by atoms with Gasteiger partial charge in [-0.05, 0) is 97.1 Å². The van der Waals surface area contributed by atoms with Crippen LogP contribution in [0.3, 0.4) is 0 Å². The Labute approximate surface area is 255 Å². The Balaban J connectivity index is 0.000000337. The van der Waals surface area contributed by atoms with E-state index in [4.69, 9.17) is 14.9 Å². The van der Waals surface area contributed by atoms with Gasteiger partial charge in [-0.15, -0.1) is 26.3 Å². The minimum absolute atomic E-state index is 0. The molecule has 2 N–H and O–H groups in total. The van der Waals surface area contributed by atoms with Crippen molar-refractivity contribution in [2.45, 2.75) is 20.2 Å². The van der Waals surface area contributed by atoms with E-state index in [0.29, 0.717) is 24.9 Å². The number of aromatic hydroxyl groups is 1. The number of benzene rings is 4. The van der Waals surface area contributed by atoms with Crippen molar-refractivity contribution in [3.8, 4) is 34.5 Å². The number of phenols is 1. The summed E-state index contributed by atoms with van der Waals surface area (Å²) >= 11 is 6.52. The lowest BCUT2D eigenvalue weighted by atomic mass is 10.3. The standard InChI is InChI=1S/C13H8BrF3O2.C7H5BF3O3.C6H5BrO.CH4/c14-9-1-3-10(4-2-9)18-11-5-7-12(8-6-11)19-13(15,16)17;9-7(10,11)13-5-1-3-6(4-2-5)14-8-12;7-5-1-3-6(8)4-2-5;/h1-8H;1-4,12H;1-4,8H;1H4. The highest BCUT2D eigenvalue weighted by Gasteiger charge is 2.31. The van der Waals surface area contributed by atoms with Crippen LogP contribution in [0.15, 0.2) is 106 Å². The van der Waals surface area contributed by atoms with Crippen molar-refractivity contribution in [1.29, 1.82) is 0 Å². The number of hydrogen-bond acceptors (Lipinski definition) is 6. The van der Waals surface area contributed by atoms with Gasteiger partial charge in [0, 0.05) is 8.95 Å². The maximum atomic E-state index is 12.0. The zero-order valence-corrected chi connectivity index (χ0v) is 23.5. The number of hydrogen-bond donors (Lipinski definition) is 2. The van der Waals surface area contributed by atoms with Gasteiger partial charge in [0.2, 0.25) is 0 Å². The topological polar surface area (TPSA) is 77.4 Å². The Kier molecular flexibility index (Phi) is 15.1. The van der Waals surface area contributed by atoms with Crippen molar-refractivity contribution in [3.63, 3.8) is 0 Å². The van der Waals surface area contributed by atoms with Crippen LogP contribution in [0.4, 0.5) is 26.3 Å². The second-order valence-electron chi connectivity index (χ2n) is 7.29. The Hall–Kier alpha value is -3.56. The first-order valence-corrected chi connectivity index (χ1v) is 12.5. The molecular formula is C27H22BBr2F6O6. The first-order chi connectivity index (χ1) is 19.2. The van der Waals surface area contributed by atoms with Crippen LogP contribution in [-0.2, 0) is 0 Å². The number of phenolic OH excluding ortho intramolecular Hbond substituents is 1. The normalized spacial score (nSPS) is 10.4. The van der Waals surface area contributed by atoms with Crippen LogP contribution in [0, 0.1) is 0 Å². The maximum Gasteiger partial charge on any atom is 0.573 e. The van der Waals surface area contributed by atoms with E-state index in [-0.39, 0.29) is 24.7 Å². The molecule has 0 aliphatic carbocycles. The van der Waals surface area contributed by atoms with Gasteiger partial charge in [0.25, 0.3) is 0 Å². The van der Waals surface area contributed by atoms with Crippen LogP contribution in [-0.4, -0.2) is 30.5 Å². The van der Waals surface area contributed by atoms with Crippen molar-refractivity contribution in [2.24, 2.45) is 0 Å². The van der Waals surface area contributed by atoms with Gasteiger partial charge in [0.05, 0.1) is 0 Å². The lowest BCUT2D eigenvalue weighted by Crippen LogP contribution is -2.17. The summed E-state index contributed by atoms with van der Waals surface area (Å²) in [6, 6.07) is 23.7. The van der Waals surface area contributed by atoms with Gasteiger partial charge in [-0.3, -0.25) is 0 Å². The second-order valence-corrected chi connectivity index (χ2v) is 9.13. The molecule has 0 aliphatic rings. The summed E-state index contributed by atoms with van der Waals surface area (Å²) in [5.41, 5.74) is 0. The fourth-order valence-electron chi connectivity index (χ4n) is 2.57. The molecule has 1 radical (unpaired) electrons. The highest BCUT2D eigenvalue weighted by molar-refractivity contribution is 9.10. The van der Waals surface area contributed by atoms with Gasteiger partial charge in [0.15, 0.2) is 0 Å². The minimum atomic E-state index is -4.70. The first-order valence-electron chi connectivity index (χ1n) is 10.9. The molecule has 0 fully saturated rings. The van der Waals surface area contributed by atoms with E-state index in [0.717, 1.165) is 21.1 Å². The third kappa shape index (κ3) is 16.0. The Morgan fingerprint density at radius 2 is 0.833 bits per heavy atom. The molecule has 0 saturated carbocycles. The van der Waals surface area contributed by atoms with E-state index in [9.17, 15) is 26.3 Å². The van der Waals surface area contributed by atoms with E-state index >= 15 is 0 Å². The molecule has 0 aromatic heterocycles. The zero-order chi connectivity index (χ0) is 30.5. The number of alkyl halides is 6. The summed E-state index contributed by atoms with van der Waals surface area (Å²) in [6.45, 7) is 0. The summed E-state index contributed by atoms with van der Waals surface area (Å²) < 4.78 is 90.2. The molecule has 225 valence electrons. The first kappa shape index (κ1) is 36.5. The highest BCUT2D eigenvalue weighted by Crippen LogP contribution is 2.28. The molecular weight excluding hydrogens is 705 g/mol. The predicted octanol–water partition coefficient (Wildman–Crippen LogP) is 9.42. The molecule has 4 aromatic rings. The van der Waals surface area contributed by atoms with Crippen LogP contribution in [0.1, 0.15) is 7.43 Å². The monoisotopic (exact) mass is 725 g/mol. The SMILES string of the molecule is C.FC(F)(F)Oc1ccc(Oc2ccc(Br)cc2)cc1.O[B]Oc1ccc(OC(F)(F)F)cc1.Oc1ccc(Br)cc1. The highest BCUT2D eigenvalue weighted by atomic mass is 79.9. The molecule has 6 nitrogen and oxygen atoms in total. The fraction of sp³-hybridized carbons (Fsp3) is 0.111. The average Bonchev–Trinajstić information content (AvgIpc) is 2.89. The zero-order valence-electron chi connectivity index (χ0n) is 20.4. The summed E-state index contributed by atoms with van der Waals surface area (Å²) in [6.07, 6.45) is -9.39. The molecule has 0 bridgehead atoms. The predicted molar refractivity (Wildman–Crippen MR) is 152 cm³/mol. The molecule has 0 atom stereocenters. The van der Waals surface area contributed by atoms with E-state index < -0.39 is 12.7 Å². The molecule has 0 saturated heterocycles. The molecule has 15 heteroatoms. The van der Waals surface area contributed by atoms with Gasteiger partial charge in [-0.2, -0.15) is 0 Å². The summed E-state index contributed by atoms with van der Waals surface area (Å²) in [4.78, 5) is 0. The van der Waals surface area contributed by atoms with E-state index in [1.54, 1.807) is 48.5 Å². The van der Waals surface area contributed by atoms with Crippen molar-refractivity contribution < 1.29 is 55.3 Å². The lowest BCUT2D eigenvalue weighted by molar-refractivity contribution is -0.275. The molecule has 4 rings (SSSR count). The molecule has 0 unspecified atom stereocenters. The van der Waals surface area contributed by atoms with Crippen molar-refractivity contribution >= 4 is 39.5 Å². The molecule has 0 aliphatic heterocycles. The molecule has 4 aromatic carbocycles.